The van der Waals surface area contributed by atoms with E-state index in [1.165, 1.54) is 42.5 Å². The maximum absolute atomic E-state index is 3.49. The predicted octanol–water partition coefficient (Wildman–Crippen LogP) is 4.89. The zero-order valence-corrected chi connectivity index (χ0v) is 11.7. The minimum atomic E-state index is 0.599. The Hall–Kier alpha value is -1.24. The molecule has 1 aliphatic rings. The maximum atomic E-state index is 3.49. The Morgan fingerprint density at radius 2 is 2.22 bits per heavy atom. The lowest BCUT2D eigenvalue weighted by molar-refractivity contribution is 0.712. The molecule has 0 bridgehead atoms. The molecule has 1 heteroatoms. The second kappa shape index (κ2) is 6.63. The van der Waals surface area contributed by atoms with Crippen molar-refractivity contribution >= 4 is 5.69 Å². The van der Waals surface area contributed by atoms with Gasteiger partial charge in [0.2, 0.25) is 0 Å². The normalized spacial score (nSPS) is 16.3. The molecule has 1 heterocycles. The Morgan fingerprint density at radius 1 is 1.33 bits per heavy atom. The minimum absolute atomic E-state index is 0.599. The van der Waals surface area contributed by atoms with E-state index in [1.807, 2.05) is 0 Å². The van der Waals surface area contributed by atoms with Gasteiger partial charge < -0.3 is 5.32 Å². The smallest absolute Gasteiger partial charge is 0.0372 e. The second-order valence-corrected chi connectivity index (χ2v) is 5.18. The number of anilines is 1. The summed E-state index contributed by atoms with van der Waals surface area (Å²) in [5, 5.41) is 3.49. The van der Waals surface area contributed by atoms with E-state index < -0.39 is 0 Å². The third-order valence-corrected chi connectivity index (χ3v) is 3.70. The summed E-state index contributed by atoms with van der Waals surface area (Å²) in [5.74, 6) is 0.599. The van der Waals surface area contributed by atoms with Crippen LogP contribution >= 0.6 is 0 Å². The van der Waals surface area contributed by atoms with Crippen molar-refractivity contribution in [1.82, 2.24) is 0 Å². The summed E-state index contributed by atoms with van der Waals surface area (Å²) in [6, 6.07) is 6.99. The monoisotopic (exact) mass is 243 g/mol. The van der Waals surface area contributed by atoms with Crippen LogP contribution in [0.15, 0.2) is 30.4 Å². The van der Waals surface area contributed by atoms with Gasteiger partial charge in [-0.2, -0.15) is 0 Å². The standard InChI is InChI=1S/C17H25N/c1-3-5-8-14(7-4-2)15-10-11-17-16(13-15)9-6-12-18-17/h5,8,10-11,13-14,18H,3-4,6-7,9,12H2,1-2H3/b8-5+. The first-order chi connectivity index (χ1) is 8.85. The van der Waals surface area contributed by atoms with E-state index in [1.54, 1.807) is 0 Å². The van der Waals surface area contributed by atoms with Crippen molar-refractivity contribution in [2.24, 2.45) is 0 Å². The lowest BCUT2D eigenvalue weighted by Crippen LogP contribution is -2.12. The molecule has 0 amide bonds. The van der Waals surface area contributed by atoms with Gasteiger partial charge in [0.25, 0.3) is 0 Å². The van der Waals surface area contributed by atoms with Crippen LogP contribution in [0, 0.1) is 0 Å². The van der Waals surface area contributed by atoms with Gasteiger partial charge >= 0.3 is 0 Å². The molecule has 1 aliphatic heterocycles. The van der Waals surface area contributed by atoms with E-state index in [0.29, 0.717) is 5.92 Å². The number of fused-ring (bicyclic) bond motifs is 1. The van der Waals surface area contributed by atoms with Crippen LogP contribution in [0.1, 0.15) is 56.6 Å². The zero-order valence-electron chi connectivity index (χ0n) is 11.7. The number of hydrogen-bond donors (Lipinski definition) is 1. The largest absolute Gasteiger partial charge is 0.385 e. The lowest BCUT2D eigenvalue weighted by atomic mass is 9.90. The van der Waals surface area contributed by atoms with Crippen molar-refractivity contribution in [2.75, 3.05) is 11.9 Å². The van der Waals surface area contributed by atoms with E-state index in [9.17, 15) is 0 Å². The van der Waals surface area contributed by atoms with Gasteiger partial charge in [-0.3, -0.25) is 0 Å². The molecule has 0 radical (unpaired) electrons. The molecule has 1 atom stereocenters. The fourth-order valence-electron chi connectivity index (χ4n) is 2.71. The summed E-state index contributed by atoms with van der Waals surface area (Å²) in [6.45, 7) is 5.60. The molecular formula is C17H25N. The molecule has 0 fully saturated rings. The Labute approximate surface area is 111 Å². The average Bonchev–Trinajstić information content (AvgIpc) is 2.43. The summed E-state index contributed by atoms with van der Waals surface area (Å²) in [5.41, 5.74) is 4.34. The topological polar surface area (TPSA) is 12.0 Å². The van der Waals surface area contributed by atoms with Crippen molar-refractivity contribution in [3.63, 3.8) is 0 Å². The van der Waals surface area contributed by atoms with Crippen LogP contribution in [-0.4, -0.2) is 6.54 Å². The number of allylic oxidation sites excluding steroid dienone is 2. The van der Waals surface area contributed by atoms with Crippen LogP contribution in [0.4, 0.5) is 5.69 Å². The predicted molar refractivity (Wildman–Crippen MR) is 80.3 cm³/mol. The lowest BCUT2D eigenvalue weighted by Gasteiger charge is -2.21. The molecule has 98 valence electrons. The molecule has 1 N–H and O–H groups in total. The third-order valence-electron chi connectivity index (χ3n) is 3.70. The quantitative estimate of drug-likeness (QED) is 0.726. The third kappa shape index (κ3) is 3.16. The molecule has 1 aromatic carbocycles. The molecule has 0 saturated heterocycles. The summed E-state index contributed by atoms with van der Waals surface area (Å²) < 4.78 is 0. The van der Waals surface area contributed by atoms with E-state index in [0.717, 1.165) is 13.0 Å². The number of nitrogens with one attached hydrogen (secondary N) is 1. The molecule has 0 saturated carbocycles. The summed E-state index contributed by atoms with van der Waals surface area (Å²) in [4.78, 5) is 0. The van der Waals surface area contributed by atoms with Crippen molar-refractivity contribution in [3.8, 4) is 0 Å². The zero-order chi connectivity index (χ0) is 12.8. The van der Waals surface area contributed by atoms with Gasteiger partial charge in [0.1, 0.15) is 0 Å². The van der Waals surface area contributed by atoms with E-state index in [-0.39, 0.29) is 0 Å². The van der Waals surface area contributed by atoms with Crippen molar-refractivity contribution in [3.05, 3.63) is 41.5 Å². The van der Waals surface area contributed by atoms with Crippen molar-refractivity contribution in [2.45, 2.75) is 51.9 Å². The van der Waals surface area contributed by atoms with E-state index in [2.05, 4.69) is 49.5 Å². The van der Waals surface area contributed by atoms with Gasteiger partial charge in [-0.05, 0) is 42.9 Å². The summed E-state index contributed by atoms with van der Waals surface area (Å²) >= 11 is 0. The van der Waals surface area contributed by atoms with Crippen LogP contribution in [0.25, 0.3) is 0 Å². The first kappa shape index (κ1) is 13.2. The molecular weight excluding hydrogens is 218 g/mol. The highest BCUT2D eigenvalue weighted by Gasteiger charge is 2.12. The fraction of sp³-hybridized carbons (Fsp3) is 0.529. The SMILES string of the molecule is CC/C=C/C(CCC)c1ccc2c(c1)CCCN2. The van der Waals surface area contributed by atoms with Crippen molar-refractivity contribution < 1.29 is 0 Å². The highest BCUT2D eigenvalue weighted by atomic mass is 14.9. The van der Waals surface area contributed by atoms with E-state index >= 15 is 0 Å². The highest BCUT2D eigenvalue weighted by molar-refractivity contribution is 5.55. The highest BCUT2D eigenvalue weighted by Crippen LogP contribution is 2.29. The van der Waals surface area contributed by atoms with Crippen LogP contribution in [0.5, 0.6) is 0 Å². The van der Waals surface area contributed by atoms with Crippen molar-refractivity contribution in [1.29, 1.82) is 0 Å². The van der Waals surface area contributed by atoms with Gasteiger partial charge in [-0.25, -0.2) is 0 Å². The summed E-state index contributed by atoms with van der Waals surface area (Å²) in [6.07, 6.45) is 10.8. The summed E-state index contributed by atoms with van der Waals surface area (Å²) in [7, 11) is 0. The minimum Gasteiger partial charge on any atom is -0.385 e. The molecule has 0 aliphatic carbocycles. The Kier molecular flexibility index (Phi) is 4.86. The number of hydrogen-bond acceptors (Lipinski definition) is 1. The molecule has 18 heavy (non-hydrogen) atoms. The molecule has 0 aromatic heterocycles. The Balaban J connectivity index is 2.21. The van der Waals surface area contributed by atoms with Crippen LogP contribution < -0.4 is 5.32 Å². The molecule has 1 aromatic rings. The number of benzene rings is 1. The molecule has 1 unspecified atom stereocenters. The van der Waals surface area contributed by atoms with Gasteiger partial charge in [-0.15, -0.1) is 0 Å². The first-order valence-corrected chi connectivity index (χ1v) is 7.38. The van der Waals surface area contributed by atoms with Gasteiger partial charge in [0.15, 0.2) is 0 Å². The second-order valence-electron chi connectivity index (χ2n) is 5.18. The number of aryl methyl sites for hydroxylation is 1. The van der Waals surface area contributed by atoms with Gasteiger partial charge in [0.05, 0.1) is 0 Å². The Bertz CT molecular complexity index is 406. The maximum Gasteiger partial charge on any atom is 0.0372 e. The number of rotatable bonds is 5. The van der Waals surface area contributed by atoms with E-state index in [4.69, 9.17) is 0 Å². The van der Waals surface area contributed by atoms with Crippen LogP contribution in [-0.2, 0) is 6.42 Å². The van der Waals surface area contributed by atoms with Crippen LogP contribution in [0.2, 0.25) is 0 Å². The van der Waals surface area contributed by atoms with Gasteiger partial charge in [0, 0.05) is 18.2 Å². The first-order valence-electron chi connectivity index (χ1n) is 7.38. The van der Waals surface area contributed by atoms with Crippen LogP contribution in [0.3, 0.4) is 0 Å². The Morgan fingerprint density at radius 3 is 3.00 bits per heavy atom. The van der Waals surface area contributed by atoms with Gasteiger partial charge in [-0.1, -0.05) is 44.6 Å². The molecule has 1 nitrogen and oxygen atoms in total. The fourth-order valence-corrected chi connectivity index (χ4v) is 2.71. The molecule has 2 rings (SSSR count). The average molecular weight is 243 g/mol. The molecule has 0 spiro atoms.